The molecule has 1 aliphatic heterocycles. The first-order valence-electron chi connectivity index (χ1n) is 6.42. The molecule has 0 aliphatic carbocycles. The van der Waals surface area contributed by atoms with Gasteiger partial charge in [-0.25, -0.2) is 0 Å². The second-order valence-electron chi connectivity index (χ2n) is 4.98. The lowest BCUT2D eigenvalue weighted by molar-refractivity contribution is -0.117. The molecular weight excluding hydrogens is 226 g/mol. The molecule has 1 saturated heterocycles. The molecule has 2 rings (SSSR count). The Kier molecular flexibility index (Phi) is 4.33. The van der Waals surface area contributed by atoms with Gasteiger partial charge in [-0.3, -0.25) is 9.69 Å². The number of carbonyl (C=O) groups is 1. The number of hydrogen-bond acceptors (Lipinski definition) is 3. The summed E-state index contributed by atoms with van der Waals surface area (Å²) in [6.45, 7) is 4.50. The molecule has 1 atom stereocenters. The number of aryl methyl sites for hydroxylation is 1. The van der Waals surface area contributed by atoms with Gasteiger partial charge in [0.15, 0.2) is 0 Å². The van der Waals surface area contributed by atoms with Crippen LogP contribution in [0, 0.1) is 6.92 Å². The van der Waals surface area contributed by atoms with Crippen molar-refractivity contribution in [3.05, 3.63) is 29.8 Å². The number of benzene rings is 1. The van der Waals surface area contributed by atoms with Crippen molar-refractivity contribution in [3.63, 3.8) is 0 Å². The van der Waals surface area contributed by atoms with Gasteiger partial charge in [0.1, 0.15) is 0 Å². The summed E-state index contributed by atoms with van der Waals surface area (Å²) in [5, 5.41) is 6.25. The number of amides is 1. The summed E-state index contributed by atoms with van der Waals surface area (Å²) in [7, 11) is 2.01. The Morgan fingerprint density at radius 2 is 2.39 bits per heavy atom. The lowest BCUT2D eigenvalue weighted by Gasteiger charge is -2.22. The van der Waals surface area contributed by atoms with Crippen LogP contribution >= 0.6 is 0 Å². The summed E-state index contributed by atoms with van der Waals surface area (Å²) in [5.74, 6) is 0.0509. The molecule has 4 heteroatoms. The zero-order valence-corrected chi connectivity index (χ0v) is 11.1. The Hall–Kier alpha value is -1.39. The fourth-order valence-corrected chi connectivity index (χ4v) is 2.29. The molecule has 1 aromatic carbocycles. The van der Waals surface area contributed by atoms with Gasteiger partial charge < -0.3 is 10.6 Å². The normalized spacial score (nSPS) is 19.2. The van der Waals surface area contributed by atoms with E-state index in [4.69, 9.17) is 0 Å². The lowest BCUT2D eigenvalue weighted by atomic mass is 10.2. The SMILES string of the molecule is Cc1cccc(NC(=O)CN(C)C2CCNC2)c1. The maximum absolute atomic E-state index is 11.9. The van der Waals surface area contributed by atoms with E-state index < -0.39 is 0 Å². The van der Waals surface area contributed by atoms with Crippen LogP contribution in [0.4, 0.5) is 5.69 Å². The minimum atomic E-state index is 0.0509. The Bertz CT molecular complexity index is 413. The average Bonchev–Trinajstić information content (AvgIpc) is 2.81. The number of anilines is 1. The molecule has 1 aromatic rings. The van der Waals surface area contributed by atoms with Gasteiger partial charge in [-0.2, -0.15) is 0 Å². The standard InChI is InChI=1S/C14H21N3O/c1-11-4-3-5-12(8-11)16-14(18)10-17(2)13-6-7-15-9-13/h3-5,8,13,15H,6-7,9-10H2,1-2H3,(H,16,18). The number of likely N-dealkylation sites (N-methyl/N-ethyl adjacent to an activating group) is 1. The van der Waals surface area contributed by atoms with Crippen molar-refractivity contribution in [2.75, 3.05) is 32.0 Å². The monoisotopic (exact) mass is 247 g/mol. The van der Waals surface area contributed by atoms with E-state index in [1.54, 1.807) is 0 Å². The van der Waals surface area contributed by atoms with Crippen LogP contribution in [0.15, 0.2) is 24.3 Å². The van der Waals surface area contributed by atoms with Crippen LogP contribution in [0.25, 0.3) is 0 Å². The predicted octanol–water partition coefficient (Wildman–Crippen LogP) is 1.23. The van der Waals surface area contributed by atoms with Crippen molar-refractivity contribution >= 4 is 11.6 Å². The van der Waals surface area contributed by atoms with Gasteiger partial charge in [0.25, 0.3) is 0 Å². The summed E-state index contributed by atoms with van der Waals surface area (Å²) >= 11 is 0. The quantitative estimate of drug-likeness (QED) is 0.841. The molecule has 0 saturated carbocycles. The molecule has 4 nitrogen and oxygen atoms in total. The van der Waals surface area contributed by atoms with E-state index in [0.717, 1.165) is 30.8 Å². The van der Waals surface area contributed by atoms with Crippen molar-refractivity contribution in [3.8, 4) is 0 Å². The van der Waals surface area contributed by atoms with E-state index in [1.165, 1.54) is 0 Å². The van der Waals surface area contributed by atoms with E-state index in [2.05, 4.69) is 15.5 Å². The van der Waals surface area contributed by atoms with Gasteiger partial charge in [-0.15, -0.1) is 0 Å². The highest BCUT2D eigenvalue weighted by Crippen LogP contribution is 2.10. The summed E-state index contributed by atoms with van der Waals surface area (Å²) in [4.78, 5) is 14.0. The predicted molar refractivity (Wildman–Crippen MR) is 73.7 cm³/mol. The molecule has 0 spiro atoms. The van der Waals surface area contributed by atoms with Crippen LogP contribution in [0.2, 0.25) is 0 Å². The minimum Gasteiger partial charge on any atom is -0.325 e. The van der Waals surface area contributed by atoms with Gasteiger partial charge in [0, 0.05) is 18.3 Å². The summed E-state index contributed by atoms with van der Waals surface area (Å²) < 4.78 is 0. The Morgan fingerprint density at radius 1 is 1.56 bits per heavy atom. The zero-order valence-electron chi connectivity index (χ0n) is 11.1. The highest BCUT2D eigenvalue weighted by Gasteiger charge is 2.20. The fourth-order valence-electron chi connectivity index (χ4n) is 2.29. The first kappa shape index (κ1) is 13.1. The van der Waals surface area contributed by atoms with Crippen molar-refractivity contribution in [2.24, 2.45) is 0 Å². The third-order valence-electron chi connectivity index (χ3n) is 3.35. The Morgan fingerprint density at radius 3 is 3.06 bits per heavy atom. The molecule has 2 N–H and O–H groups in total. The van der Waals surface area contributed by atoms with Crippen molar-refractivity contribution in [1.29, 1.82) is 0 Å². The van der Waals surface area contributed by atoms with Crippen LogP contribution in [-0.2, 0) is 4.79 Å². The van der Waals surface area contributed by atoms with Crippen LogP contribution in [0.1, 0.15) is 12.0 Å². The summed E-state index contributed by atoms with van der Waals surface area (Å²) in [5.41, 5.74) is 2.03. The third kappa shape index (κ3) is 3.55. The lowest BCUT2D eigenvalue weighted by Crippen LogP contribution is -2.39. The number of nitrogens with one attached hydrogen (secondary N) is 2. The maximum atomic E-state index is 11.9. The van der Waals surface area contributed by atoms with E-state index in [0.29, 0.717) is 12.6 Å². The Balaban J connectivity index is 1.84. The van der Waals surface area contributed by atoms with Crippen molar-refractivity contribution < 1.29 is 4.79 Å². The smallest absolute Gasteiger partial charge is 0.238 e. The molecule has 1 unspecified atom stereocenters. The number of rotatable bonds is 4. The third-order valence-corrected chi connectivity index (χ3v) is 3.35. The highest BCUT2D eigenvalue weighted by molar-refractivity contribution is 5.92. The minimum absolute atomic E-state index is 0.0509. The van der Waals surface area contributed by atoms with E-state index >= 15 is 0 Å². The van der Waals surface area contributed by atoms with Gasteiger partial charge in [0.2, 0.25) is 5.91 Å². The van der Waals surface area contributed by atoms with Gasteiger partial charge in [-0.1, -0.05) is 12.1 Å². The molecule has 0 bridgehead atoms. The number of hydrogen-bond donors (Lipinski definition) is 2. The molecule has 98 valence electrons. The first-order valence-corrected chi connectivity index (χ1v) is 6.42. The molecule has 0 aromatic heterocycles. The number of carbonyl (C=O) groups excluding carboxylic acids is 1. The van der Waals surface area contributed by atoms with E-state index in [1.807, 2.05) is 38.2 Å². The highest BCUT2D eigenvalue weighted by atomic mass is 16.2. The van der Waals surface area contributed by atoms with Gasteiger partial charge >= 0.3 is 0 Å². The second-order valence-corrected chi connectivity index (χ2v) is 4.98. The largest absolute Gasteiger partial charge is 0.325 e. The molecular formula is C14H21N3O. The fraction of sp³-hybridized carbons (Fsp3) is 0.500. The topological polar surface area (TPSA) is 44.4 Å². The zero-order chi connectivity index (χ0) is 13.0. The van der Waals surface area contributed by atoms with Crippen LogP contribution in [0.3, 0.4) is 0 Å². The number of nitrogens with zero attached hydrogens (tertiary/aromatic N) is 1. The maximum Gasteiger partial charge on any atom is 0.238 e. The summed E-state index contributed by atoms with van der Waals surface area (Å²) in [6.07, 6.45) is 1.12. The van der Waals surface area contributed by atoms with Gasteiger partial charge in [0.05, 0.1) is 6.54 Å². The van der Waals surface area contributed by atoms with E-state index in [9.17, 15) is 4.79 Å². The Labute approximate surface area is 108 Å². The van der Waals surface area contributed by atoms with Crippen molar-refractivity contribution in [2.45, 2.75) is 19.4 Å². The molecule has 18 heavy (non-hydrogen) atoms. The second kappa shape index (κ2) is 5.98. The van der Waals surface area contributed by atoms with Crippen LogP contribution in [0.5, 0.6) is 0 Å². The molecule has 1 amide bonds. The van der Waals surface area contributed by atoms with Crippen LogP contribution in [-0.4, -0.2) is 43.5 Å². The molecule has 1 heterocycles. The molecule has 0 radical (unpaired) electrons. The van der Waals surface area contributed by atoms with Crippen molar-refractivity contribution in [1.82, 2.24) is 10.2 Å². The van der Waals surface area contributed by atoms with Gasteiger partial charge in [-0.05, 0) is 44.6 Å². The molecule has 1 aliphatic rings. The van der Waals surface area contributed by atoms with E-state index in [-0.39, 0.29) is 5.91 Å². The van der Waals surface area contributed by atoms with Crippen LogP contribution < -0.4 is 10.6 Å². The average molecular weight is 247 g/mol. The first-order chi connectivity index (χ1) is 8.65. The summed E-state index contributed by atoms with van der Waals surface area (Å²) in [6, 6.07) is 8.35. The molecule has 1 fully saturated rings.